The van der Waals surface area contributed by atoms with Gasteiger partial charge in [-0.15, -0.1) is 0 Å². The third-order valence-electron chi connectivity index (χ3n) is 5.50. The molecule has 1 amide bonds. The van der Waals surface area contributed by atoms with Crippen LogP contribution in [0.2, 0.25) is 0 Å². The lowest BCUT2D eigenvalue weighted by Gasteiger charge is -2.60. The fourth-order valence-electron chi connectivity index (χ4n) is 5.36. The Balaban J connectivity index is 1.86. The average molecular weight is 250 g/mol. The summed E-state index contributed by atoms with van der Waals surface area (Å²) in [5.74, 6) is 2.85. The van der Waals surface area contributed by atoms with Gasteiger partial charge in [0.25, 0.3) is 0 Å². The summed E-state index contributed by atoms with van der Waals surface area (Å²) in [4.78, 5) is 14.4. The third-order valence-corrected chi connectivity index (χ3v) is 5.50. The maximum atomic E-state index is 12.2. The van der Waals surface area contributed by atoms with E-state index in [2.05, 4.69) is 11.8 Å². The van der Waals surface area contributed by atoms with E-state index in [-0.39, 0.29) is 18.0 Å². The van der Waals surface area contributed by atoms with Crippen LogP contribution in [0.3, 0.4) is 0 Å². The van der Waals surface area contributed by atoms with Crippen molar-refractivity contribution in [2.45, 2.75) is 57.4 Å². The van der Waals surface area contributed by atoms with Crippen molar-refractivity contribution < 1.29 is 4.79 Å². The van der Waals surface area contributed by atoms with Crippen molar-refractivity contribution in [1.82, 2.24) is 4.90 Å². The SMILES string of the molecule is CCCN(C(=O)CN)C12CC3CC(CC(C3)C1)C2. The normalized spacial score (nSPS) is 41.1. The summed E-state index contributed by atoms with van der Waals surface area (Å²) in [7, 11) is 0. The summed E-state index contributed by atoms with van der Waals surface area (Å²) in [5, 5.41) is 0. The molecular weight excluding hydrogens is 224 g/mol. The molecule has 2 N–H and O–H groups in total. The van der Waals surface area contributed by atoms with E-state index >= 15 is 0 Å². The van der Waals surface area contributed by atoms with E-state index in [0.717, 1.165) is 30.7 Å². The average Bonchev–Trinajstić information content (AvgIpc) is 2.33. The lowest BCUT2D eigenvalue weighted by molar-refractivity contribution is -0.149. The van der Waals surface area contributed by atoms with Crippen LogP contribution in [0, 0.1) is 17.8 Å². The van der Waals surface area contributed by atoms with Gasteiger partial charge in [0.15, 0.2) is 0 Å². The Labute approximate surface area is 110 Å². The molecule has 0 unspecified atom stereocenters. The Morgan fingerprint density at radius 2 is 1.67 bits per heavy atom. The van der Waals surface area contributed by atoms with E-state index in [1.54, 1.807) is 0 Å². The maximum Gasteiger partial charge on any atom is 0.236 e. The molecule has 0 atom stereocenters. The predicted molar refractivity (Wildman–Crippen MR) is 72.0 cm³/mol. The second kappa shape index (κ2) is 4.52. The minimum absolute atomic E-state index is 0.179. The molecule has 0 aromatic carbocycles. The summed E-state index contributed by atoms with van der Waals surface area (Å²) in [6.45, 7) is 3.25. The summed E-state index contributed by atoms with van der Waals surface area (Å²) in [6, 6.07) is 0. The largest absolute Gasteiger partial charge is 0.336 e. The number of hydrogen-bond acceptors (Lipinski definition) is 2. The zero-order valence-electron chi connectivity index (χ0n) is 11.5. The number of hydrogen-bond donors (Lipinski definition) is 1. The first kappa shape index (κ1) is 12.5. The fraction of sp³-hybridized carbons (Fsp3) is 0.933. The topological polar surface area (TPSA) is 46.3 Å². The molecule has 4 aliphatic rings. The van der Waals surface area contributed by atoms with Gasteiger partial charge in [-0.3, -0.25) is 4.79 Å². The van der Waals surface area contributed by atoms with Gasteiger partial charge in [-0.25, -0.2) is 0 Å². The Hall–Kier alpha value is -0.570. The van der Waals surface area contributed by atoms with Crippen molar-refractivity contribution in [3.8, 4) is 0 Å². The molecule has 0 aliphatic heterocycles. The van der Waals surface area contributed by atoms with Crippen LogP contribution < -0.4 is 5.73 Å². The van der Waals surface area contributed by atoms with Crippen LogP contribution in [0.4, 0.5) is 0 Å². The second-order valence-corrected chi connectivity index (χ2v) is 6.89. The van der Waals surface area contributed by atoms with Gasteiger partial charge in [0.05, 0.1) is 6.54 Å². The maximum absolute atomic E-state index is 12.2. The van der Waals surface area contributed by atoms with Gasteiger partial charge < -0.3 is 10.6 Å². The van der Waals surface area contributed by atoms with Crippen LogP contribution in [0.15, 0.2) is 0 Å². The molecule has 0 heterocycles. The first-order valence-electron chi connectivity index (χ1n) is 7.67. The zero-order chi connectivity index (χ0) is 12.8. The van der Waals surface area contributed by atoms with Crippen LogP contribution in [0.1, 0.15) is 51.9 Å². The molecular formula is C15H26N2O. The molecule has 4 rings (SSSR count). The lowest BCUT2D eigenvalue weighted by atomic mass is 9.52. The zero-order valence-corrected chi connectivity index (χ0v) is 11.5. The smallest absolute Gasteiger partial charge is 0.236 e. The molecule has 0 radical (unpaired) electrons. The van der Waals surface area contributed by atoms with Gasteiger partial charge in [0, 0.05) is 12.1 Å². The van der Waals surface area contributed by atoms with E-state index in [9.17, 15) is 4.79 Å². The summed E-state index contributed by atoms with van der Waals surface area (Å²) < 4.78 is 0. The minimum Gasteiger partial charge on any atom is -0.336 e. The molecule has 4 fully saturated rings. The van der Waals surface area contributed by atoms with Gasteiger partial charge in [-0.1, -0.05) is 6.92 Å². The Kier molecular flexibility index (Phi) is 3.13. The molecule has 4 saturated carbocycles. The highest BCUT2D eigenvalue weighted by Crippen LogP contribution is 2.57. The number of rotatable bonds is 4. The molecule has 3 heteroatoms. The molecule has 0 aromatic rings. The van der Waals surface area contributed by atoms with E-state index in [1.165, 1.54) is 38.5 Å². The highest BCUT2D eigenvalue weighted by atomic mass is 16.2. The second-order valence-electron chi connectivity index (χ2n) is 6.89. The highest BCUT2D eigenvalue weighted by molar-refractivity contribution is 5.79. The van der Waals surface area contributed by atoms with E-state index in [0.29, 0.717) is 0 Å². The summed E-state index contributed by atoms with van der Waals surface area (Å²) in [6.07, 6.45) is 9.09. The van der Waals surface area contributed by atoms with Gasteiger partial charge in [-0.05, 0) is 62.7 Å². The molecule has 0 spiro atoms. The molecule has 102 valence electrons. The van der Waals surface area contributed by atoms with Crippen LogP contribution in [-0.2, 0) is 4.79 Å². The van der Waals surface area contributed by atoms with Crippen molar-refractivity contribution in [1.29, 1.82) is 0 Å². The molecule has 3 nitrogen and oxygen atoms in total. The van der Waals surface area contributed by atoms with Crippen molar-refractivity contribution >= 4 is 5.91 Å². The van der Waals surface area contributed by atoms with Gasteiger partial charge >= 0.3 is 0 Å². The summed E-state index contributed by atoms with van der Waals surface area (Å²) >= 11 is 0. The Morgan fingerprint density at radius 1 is 1.17 bits per heavy atom. The lowest BCUT2D eigenvalue weighted by Crippen LogP contribution is -2.62. The monoisotopic (exact) mass is 250 g/mol. The predicted octanol–water partition coefficient (Wildman–Crippen LogP) is 2.15. The molecule has 0 aromatic heterocycles. The van der Waals surface area contributed by atoms with Gasteiger partial charge in [0.2, 0.25) is 5.91 Å². The highest BCUT2D eigenvalue weighted by Gasteiger charge is 2.54. The van der Waals surface area contributed by atoms with Crippen LogP contribution in [0.5, 0.6) is 0 Å². The molecule has 4 aliphatic carbocycles. The van der Waals surface area contributed by atoms with E-state index in [4.69, 9.17) is 5.73 Å². The number of nitrogens with zero attached hydrogens (tertiary/aromatic N) is 1. The van der Waals surface area contributed by atoms with Crippen LogP contribution >= 0.6 is 0 Å². The van der Waals surface area contributed by atoms with Crippen molar-refractivity contribution in [2.24, 2.45) is 23.5 Å². The third kappa shape index (κ3) is 1.87. The van der Waals surface area contributed by atoms with E-state index < -0.39 is 0 Å². The van der Waals surface area contributed by atoms with Crippen molar-refractivity contribution in [2.75, 3.05) is 13.1 Å². The fourth-order valence-corrected chi connectivity index (χ4v) is 5.36. The van der Waals surface area contributed by atoms with Gasteiger partial charge in [0.1, 0.15) is 0 Å². The standard InChI is InChI=1S/C15H26N2O/c1-2-3-17(14(18)10-16)15-7-11-4-12(8-15)6-13(5-11)9-15/h11-13H,2-10,16H2,1H3. The molecule has 4 bridgehead atoms. The number of nitrogens with two attached hydrogens (primary N) is 1. The first-order valence-corrected chi connectivity index (χ1v) is 7.67. The number of carbonyl (C=O) groups is 1. The van der Waals surface area contributed by atoms with Crippen LogP contribution in [0.25, 0.3) is 0 Å². The van der Waals surface area contributed by atoms with E-state index in [1.807, 2.05) is 0 Å². The molecule has 0 saturated heterocycles. The Bertz CT molecular complexity index is 304. The molecule has 18 heavy (non-hydrogen) atoms. The quantitative estimate of drug-likeness (QED) is 0.831. The van der Waals surface area contributed by atoms with Crippen molar-refractivity contribution in [3.63, 3.8) is 0 Å². The van der Waals surface area contributed by atoms with Gasteiger partial charge in [-0.2, -0.15) is 0 Å². The number of amides is 1. The summed E-state index contributed by atoms with van der Waals surface area (Å²) in [5.41, 5.74) is 5.83. The van der Waals surface area contributed by atoms with Crippen LogP contribution in [-0.4, -0.2) is 29.4 Å². The number of carbonyl (C=O) groups excluding carboxylic acids is 1. The van der Waals surface area contributed by atoms with Crippen molar-refractivity contribution in [3.05, 3.63) is 0 Å². The minimum atomic E-state index is 0.179. The Morgan fingerprint density at radius 3 is 2.06 bits per heavy atom. The first-order chi connectivity index (χ1) is 8.66.